The molecule has 0 saturated heterocycles. The van der Waals surface area contributed by atoms with Gasteiger partial charge >= 0.3 is 0 Å². The fraction of sp³-hybridized carbons (Fsp3) is 0. The first-order valence-corrected chi connectivity index (χ1v) is 4.97. The van der Waals surface area contributed by atoms with Crippen molar-refractivity contribution in [2.75, 3.05) is 5.32 Å². The number of hydrogen-bond acceptors (Lipinski definition) is 4. The van der Waals surface area contributed by atoms with Crippen molar-refractivity contribution >= 4 is 22.5 Å². The molecule has 1 heterocycles. The van der Waals surface area contributed by atoms with Gasteiger partial charge in [-0.05, 0) is 24.3 Å². The van der Waals surface area contributed by atoms with Crippen LogP contribution in [0, 0.1) is 0 Å². The van der Waals surface area contributed by atoms with E-state index in [1.54, 1.807) is 0 Å². The molecule has 0 amide bonds. The molecule has 1 N–H and O–H groups in total. The molecule has 0 radical (unpaired) electrons. The Labute approximate surface area is 91.9 Å². The minimum Gasteiger partial charge on any atom is -0.354 e. The number of nitrogens with zero attached hydrogens (tertiary/aromatic N) is 2. The fourth-order valence-electron chi connectivity index (χ4n) is 1.58. The second-order valence-electron chi connectivity index (χ2n) is 3.42. The SMILES string of the molecule is c1ccc(Nc2cccc3onnc23)cc1. The molecule has 0 aliphatic heterocycles. The maximum atomic E-state index is 5.00. The number of benzene rings is 2. The molecular formula is C12H9N3O. The minimum atomic E-state index is 0.681. The molecule has 3 rings (SSSR count). The molecule has 0 spiro atoms. The standard InChI is InChI=1S/C12H9N3O/c1-2-5-9(6-3-1)13-10-7-4-8-11-12(10)14-15-16-11/h1-8,13H. The third-order valence-corrected chi connectivity index (χ3v) is 2.33. The highest BCUT2D eigenvalue weighted by molar-refractivity contribution is 5.88. The summed E-state index contributed by atoms with van der Waals surface area (Å²) in [6.45, 7) is 0. The van der Waals surface area contributed by atoms with Gasteiger partial charge in [-0.15, -0.1) is 5.10 Å². The molecule has 0 aliphatic carbocycles. The van der Waals surface area contributed by atoms with Crippen LogP contribution < -0.4 is 5.32 Å². The zero-order chi connectivity index (χ0) is 10.8. The normalized spacial score (nSPS) is 10.5. The van der Waals surface area contributed by atoms with Crippen molar-refractivity contribution in [2.24, 2.45) is 0 Å². The Morgan fingerprint density at radius 2 is 1.81 bits per heavy atom. The largest absolute Gasteiger partial charge is 0.354 e. The van der Waals surface area contributed by atoms with Crippen LogP contribution in [0.1, 0.15) is 0 Å². The van der Waals surface area contributed by atoms with E-state index in [1.807, 2.05) is 48.5 Å². The molecule has 0 bridgehead atoms. The molecule has 4 heteroatoms. The topological polar surface area (TPSA) is 51.0 Å². The van der Waals surface area contributed by atoms with Gasteiger partial charge in [-0.1, -0.05) is 24.3 Å². The van der Waals surface area contributed by atoms with E-state index in [0.717, 1.165) is 16.9 Å². The summed E-state index contributed by atoms with van der Waals surface area (Å²) in [6.07, 6.45) is 0. The Hall–Kier alpha value is -2.36. The highest BCUT2D eigenvalue weighted by Crippen LogP contribution is 2.23. The second-order valence-corrected chi connectivity index (χ2v) is 3.42. The van der Waals surface area contributed by atoms with Gasteiger partial charge in [0.1, 0.15) is 0 Å². The first-order valence-electron chi connectivity index (χ1n) is 4.97. The Morgan fingerprint density at radius 3 is 2.69 bits per heavy atom. The Morgan fingerprint density at radius 1 is 0.938 bits per heavy atom. The number of anilines is 2. The fourth-order valence-corrected chi connectivity index (χ4v) is 1.58. The van der Waals surface area contributed by atoms with Gasteiger partial charge < -0.3 is 9.84 Å². The quantitative estimate of drug-likeness (QED) is 0.708. The van der Waals surface area contributed by atoms with Crippen molar-refractivity contribution < 1.29 is 4.52 Å². The lowest BCUT2D eigenvalue weighted by Gasteiger charge is -2.05. The minimum absolute atomic E-state index is 0.681. The summed E-state index contributed by atoms with van der Waals surface area (Å²) < 4.78 is 5.00. The molecule has 0 atom stereocenters. The maximum Gasteiger partial charge on any atom is 0.189 e. The maximum absolute atomic E-state index is 5.00. The molecule has 16 heavy (non-hydrogen) atoms. The Balaban J connectivity index is 2.04. The number of aromatic nitrogens is 2. The monoisotopic (exact) mass is 211 g/mol. The van der Waals surface area contributed by atoms with E-state index in [2.05, 4.69) is 15.7 Å². The van der Waals surface area contributed by atoms with Crippen LogP contribution in [0.4, 0.5) is 11.4 Å². The van der Waals surface area contributed by atoms with E-state index in [0.29, 0.717) is 5.58 Å². The summed E-state index contributed by atoms with van der Waals surface area (Å²) in [5.74, 6) is 0. The van der Waals surface area contributed by atoms with E-state index in [9.17, 15) is 0 Å². The molecule has 1 aromatic heterocycles. The number of hydrogen-bond donors (Lipinski definition) is 1. The summed E-state index contributed by atoms with van der Waals surface area (Å²) >= 11 is 0. The summed E-state index contributed by atoms with van der Waals surface area (Å²) in [4.78, 5) is 0. The lowest BCUT2D eigenvalue weighted by atomic mass is 10.2. The third-order valence-electron chi connectivity index (χ3n) is 2.33. The number of para-hydroxylation sites is 1. The van der Waals surface area contributed by atoms with Gasteiger partial charge in [-0.2, -0.15) is 0 Å². The number of fused-ring (bicyclic) bond motifs is 1. The van der Waals surface area contributed by atoms with E-state index in [4.69, 9.17) is 4.52 Å². The van der Waals surface area contributed by atoms with E-state index >= 15 is 0 Å². The van der Waals surface area contributed by atoms with Crippen LogP contribution in [-0.4, -0.2) is 10.4 Å². The van der Waals surface area contributed by atoms with Crippen LogP contribution in [0.5, 0.6) is 0 Å². The lowest BCUT2D eigenvalue weighted by molar-refractivity contribution is 0.424. The first-order chi connectivity index (χ1) is 7.93. The van der Waals surface area contributed by atoms with Crippen molar-refractivity contribution in [2.45, 2.75) is 0 Å². The van der Waals surface area contributed by atoms with Gasteiger partial charge in [0.05, 0.1) is 5.69 Å². The van der Waals surface area contributed by atoms with Crippen LogP contribution >= 0.6 is 0 Å². The van der Waals surface area contributed by atoms with Crippen LogP contribution in [0.15, 0.2) is 53.1 Å². The zero-order valence-corrected chi connectivity index (χ0v) is 8.42. The van der Waals surface area contributed by atoms with Gasteiger partial charge in [0, 0.05) is 11.0 Å². The molecule has 0 unspecified atom stereocenters. The van der Waals surface area contributed by atoms with Crippen molar-refractivity contribution in [3.63, 3.8) is 0 Å². The summed E-state index contributed by atoms with van der Waals surface area (Å²) in [6, 6.07) is 15.6. The molecule has 0 fully saturated rings. The van der Waals surface area contributed by atoms with Gasteiger partial charge in [-0.25, -0.2) is 0 Å². The Kier molecular flexibility index (Phi) is 2.04. The van der Waals surface area contributed by atoms with Crippen LogP contribution in [0.25, 0.3) is 11.1 Å². The van der Waals surface area contributed by atoms with Gasteiger partial charge in [0.15, 0.2) is 11.1 Å². The lowest BCUT2D eigenvalue weighted by Crippen LogP contribution is -1.90. The highest BCUT2D eigenvalue weighted by Gasteiger charge is 2.05. The molecule has 0 aliphatic rings. The predicted octanol–water partition coefficient (Wildman–Crippen LogP) is 2.97. The molecule has 0 saturated carbocycles. The number of rotatable bonds is 2. The van der Waals surface area contributed by atoms with Crippen molar-refractivity contribution in [3.8, 4) is 0 Å². The van der Waals surface area contributed by atoms with Gasteiger partial charge in [0.2, 0.25) is 0 Å². The summed E-state index contributed by atoms with van der Waals surface area (Å²) in [5, 5.41) is 10.7. The highest BCUT2D eigenvalue weighted by atomic mass is 16.5. The van der Waals surface area contributed by atoms with E-state index < -0.39 is 0 Å². The molecule has 2 aromatic carbocycles. The smallest absolute Gasteiger partial charge is 0.189 e. The van der Waals surface area contributed by atoms with Crippen LogP contribution in [-0.2, 0) is 0 Å². The second kappa shape index (κ2) is 3.66. The predicted molar refractivity (Wildman–Crippen MR) is 61.5 cm³/mol. The molecule has 78 valence electrons. The summed E-state index contributed by atoms with van der Waals surface area (Å²) in [5.41, 5.74) is 3.33. The van der Waals surface area contributed by atoms with Gasteiger partial charge in [0.25, 0.3) is 0 Å². The first kappa shape index (κ1) is 8.91. The Bertz CT molecular complexity index is 604. The average molecular weight is 211 g/mol. The third kappa shape index (κ3) is 1.50. The zero-order valence-electron chi connectivity index (χ0n) is 8.42. The van der Waals surface area contributed by atoms with Crippen LogP contribution in [0.2, 0.25) is 0 Å². The molecular weight excluding hydrogens is 202 g/mol. The van der Waals surface area contributed by atoms with Crippen LogP contribution in [0.3, 0.4) is 0 Å². The summed E-state index contributed by atoms with van der Waals surface area (Å²) in [7, 11) is 0. The van der Waals surface area contributed by atoms with Crippen molar-refractivity contribution in [1.82, 2.24) is 10.4 Å². The van der Waals surface area contributed by atoms with Crippen molar-refractivity contribution in [3.05, 3.63) is 48.5 Å². The average Bonchev–Trinajstić information content (AvgIpc) is 2.80. The molecule has 3 aromatic rings. The van der Waals surface area contributed by atoms with E-state index in [1.165, 1.54) is 0 Å². The molecule has 4 nitrogen and oxygen atoms in total. The number of nitrogens with one attached hydrogen (secondary N) is 1. The van der Waals surface area contributed by atoms with E-state index in [-0.39, 0.29) is 0 Å². The van der Waals surface area contributed by atoms with Gasteiger partial charge in [-0.3, -0.25) is 0 Å². The van der Waals surface area contributed by atoms with Crippen molar-refractivity contribution in [1.29, 1.82) is 0 Å².